The number of rotatable bonds is 15. The van der Waals surface area contributed by atoms with E-state index in [-0.39, 0.29) is 5.78 Å². The van der Waals surface area contributed by atoms with Gasteiger partial charge in [-0.3, -0.25) is 4.79 Å². The fourth-order valence-corrected chi connectivity index (χ4v) is 5.88. The molecule has 0 atom stereocenters. The Balaban J connectivity index is 1.31. The highest BCUT2D eigenvalue weighted by Crippen LogP contribution is 2.39. The van der Waals surface area contributed by atoms with E-state index in [0.29, 0.717) is 57.9 Å². The highest BCUT2D eigenvalue weighted by Gasteiger charge is 2.23. The van der Waals surface area contributed by atoms with E-state index in [1.807, 2.05) is 24.3 Å². The molecule has 2 aromatic heterocycles. The average molecular weight is 613 g/mol. The molecule has 0 radical (unpaired) electrons. The number of ketones is 1. The van der Waals surface area contributed by atoms with Crippen molar-refractivity contribution >= 4 is 16.7 Å². The zero-order chi connectivity index (χ0) is 31.7. The zero-order valence-corrected chi connectivity index (χ0v) is 26.3. The van der Waals surface area contributed by atoms with Gasteiger partial charge in [0, 0.05) is 72.5 Å². The maximum absolute atomic E-state index is 12.9. The van der Waals surface area contributed by atoms with Crippen LogP contribution in [0.4, 0.5) is 0 Å². The molecule has 4 aromatic carbocycles. The van der Waals surface area contributed by atoms with Crippen LogP contribution in [0.25, 0.3) is 44.8 Å². The Bertz CT molecular complexity index is 1880. The molecule has 234 valence electrons. The second-order valence-corrected chi connectivity index (χ2v) is 11.4. The van der Waals surface area contributed by atoms with Gasteiger partial charge in [0.2, 0.25) is 0 Å². The predicted octanol–water partition coefficient (Wildman–Crippen LogP) is 7.38. The molecule has 0 unspecified atom stereocenters. The number of imidazole rings is 1. The standard InChI is InChI=1S/C39H40N4O3/c1-42-28-34(33-15-8-9-16-35(33)42)39-41-37(31-11-4-2-5-12-31)38(32-13-6-3-7-14-32)43(39)27-29-18-20-30(21-19-29)36(44)17-10-23-45-25-26-46-24-22-40/h2-9,11-16,18-21,28H,10,17,22-27,40H2,1H3. The molecule has 0 aliphatic carbocycles. The molecular weight excluding hydrogens is 572 g/mol. The lowest BCUT2D eigenvalue weighted by molar-refractivity contribution is 0.0489. The van der Waals surface area contributed by atoms with Gasteiger partial charge in [-0.15, -0.1) is 0 Å². The molecule has 0 aliphatic heterocycles. The van der Waals surface area contributed by atoms with Gasteiger partial charge in [-0.2, -0.15) is 0 Å². The van der Waals surface area contributed by atoms with Crippen LogP contribution in [0.1, 0.15) is 28.8 Å². The molecule has 0 saturated carbocycles. The van der Waals surface area contributed by atoms with Crippen LogP contribution in [0.3, 0.4) is 0 Å². The second kappa shape index (κ2) is 15.0. The first-order chi connectivity index (χ1) is 22.6. The predicted molar refractivity (Wildman–Crippen MR) is 185 cm³/mol. The Hall–Kier alpha value is -4.82. The number of aromatic nitrogens is 3. The molecule has 7 nitrogen and oxygen atoms in total. The Kier molecular flexibility index (Phi) is 10.1. The van der Waals surface area contributed by atoms with Gasteiger partial charge in [0.15, 0.2) is 5.78 Å². The maximum Gasteiger partial charge on any atom is 0.162 e. The number of nitrogens with zero attached hydrogens (tertiary/aromatic N) is 3. The minimum Gasteiger partial charge on any atom is -0.379 e. The third kappa shape index (κ3) is 7.02. The summed E-state index contributed by atoms with van der Waals surface area (Å²) < 4.78 is 15.4. The highest BCUT2D eigenvalue weighted by molar-refractivity contribution is 5.97. The van der Waals surface area contributed by atoms with E-state index < -0.39 is 0 Å². The summed E-state index contributed by atoms with van der Waals surface area (Å²) in [6, 6.07) is 37.3. The van der Waals surface area contributed by atoms with Gasteiger partial charge >= 0.3 is 0 Å². The Labute approximate surface area is 270 Å². The maximum atomic E-state index is 12.9. The van der Waals surface area contributed by atoms with E-state index in [1.54, 1.807) is 0 Å². The number of carbonyl (C=O) groups excluding carboxylic acids is 1. The minimum absolute atomic E-state index is 0.116. The largest absolute Gasteiger partial charge is 0.379 e. The molecule has 2 heterocycles. The number of carbonyl (C=O) groups is 1. The average Bonchev–Trinajstić information content (AvgIpc) is 3.64. The summed E-state index contributed by atoms with van der Waals surface area (Å²) in [5, 5.41) is 1.16. The normalized spacial score (nSPS) is 11.3. The van der Waals surface area contributed by atoms with Crippen LogP contribution in [-0.2, 0) is 23.1 Å². The zero-order valence-electron chi connectivity index (χ0n) is 26.3. The van der Waals surface area contributed by atoms with Crippen molar-refractivity contribution in [2.45, 2.75) is 19.4 Å². The lowest BCUT2D eigenvalue weighted by Crippen LogP contribution is -2.12. The lowest BCUT2D eigenvalue weighted by atomic mass is 10.0. The molecule has 6 aromatic rings. The molecule has 6 rings (SSSR count). The third-order valence-corrected chi connectivity index (χ3v) is 8.14. The molecule has 0 aliphatic rings. The smallest absolute Gasteiger partial charge is 0.162 e. The van der Waals surface area contributed by atoms with E-state index in [2.05, 4.69) is 107 Å². The van der Waals surface area contributed by atoms with Crippen molar-refractivity contribution in [3.63, 3.8) is 0 Å². The number of aryl methyl sites for hydroxylation is 1. The summed E-state index contributed by atoms with van der Waals surface area (Å²) in [4.78, 5) is 18.3. The summed E-state index contributed by atoms with van der Waals surface area (Å²) in [5.74, 6) is 1.02. The molecule has 0 bridgehead atoms. The first kappa shape index (κ1) is 31.2. The van der Waals surface area contributed by atoms with Crippen LogP contribution in [0.5, 0.6) is 0 Å². The van der Waals surface area contributed by atoms with Gasteiger partial charge < -0.3 is 24.3 Å². The molecule has 0 saturated heterocycles. The van der Waals surface area contributed by atoms with Crippen LogP contribution < -0.4 is 5.73 Å². The van der Waals surface area contributed by atoms with Gasteiger partial charge in [0.25, 0.3) is 0 Å². The molecule has 0 spiro atoms. The van der Waals surface area contributed by atoms with E-state index in [9.17, 15) is 4.79 Å². The van der Waals surface area contributed by atoms with E-state index in [0.717, 1.165) is 50.4 Å². The second-order valence-electron chi connectivity index (χ2n) is 11.4. The van der Waals surface area contributed by atoms with Gasteiger partial charge in [-0.1, -0.05) is 103 Å². The van der Waals surface area contributed by atoms with Crippen molar-refractivity contribution in [3.05, 3.63) is 127 Å². The molecule has 0 amide bonds. The van der Waals surface area contributed by atoms with Gasteiger partial charge in [0.1, 0.15) is 5.82 Å². The molecular formula is C39H40N4O3. The van der Waals surface area contributed by atoms with Crippen molar-refractivity contribution in [1.29, 1.82) is 0 Å². The first-order valence-electron chi connectivity index (χ1n) is 15.9. The van der Waals surface area contributed by atoms with Crippen LogP contribution in [-0.4, -0.2) is 52.9 Å². The first-order valence-corrected chi connectivity index (χ1v) is 15.9. The SMILES string of the molecule is Cn1cc(-c2nc(-c3ccccc3)c(-c3ccccc3)n2Cc2ccc(C(=O)CCCOCCOCCN)cc2)c2ccccc21. The van der Waals surface area contributed by atoms with Crippen LogP contribution >= 0.6 is 0 Å². The molecule has 0 fully saturated rings. The summed E-state index contributed by atoms with van der Waals surface area (Å²) in [6.07, 6.45) is 3.28. The fourth-order valence-electron chi connectivity index (χ4n) is 5.88. The number of para-hydroxylation sites is 1. The number of Topliss-reactive ketones (excluding diaryl/α,β-unsaturated/α-hetero) is 1. The van der Waals surface area contributed by atoms with Gasteiger partial charge in [-0.25, -0.2) is 4.98 Å². The highest BCUT2D eigenvalue weighted by atomic mass is 16.5. The summed E-state index contributed by atoms with van der Waals surface area (Å²) in [7, 11) is 2.08. The Morgan fingerprint density at radius 2 is 1.41 bits per heavy atom. The van der Waals surface area contributed by atoms with Crippen molar-refractivity contribution < 1.29 is 14.3 Å². The molecule has 46 heavy (non-hydrogen) atoms. The summed E-state index contributed by atoms with van der Waals surface area (Å²) >= 11 is 0. The summed E-state index contributed by atoms with van der Waals surface area (Å²) in [5.41, 5.74) is 13.6. The fraction of sp³-hybridized carbons (Fsp3) is 0.231. The monoisotopic (exact) mass is 612 g/mol. The number of benzene rings is 4. The third-order valence-electron chi connectivity index (χ3n) is 8.14. The number of ether oxygens (including phenoxy) is 2. The van der Waals surface area contributed by atoms with Gasteiger partial charge in [0.05, 0.1) is 31.2 Å². The van der Waals surface area contributed by atoms with Crippen LogP contribution in [0.15, 0.2) is 115 Å². The van der Waals surface area contributed by atoms with E-state index >= 15 is 0 Å². The minimum atomic E-state index is 0.116. The van der Waals surface area contributed by atoms with Crippen molar-refractivity contribution in [3.8, 4) is 33.9 Å². The topological polar surface area (TPSA) is 84.3 Å². The van der Waals surface area contributed by atoms with Crippen LogP contribution in [0.2, 0.25) is 0 Å². The van der Waals surface area contributed by atoms with E-state index in [4.69, 9.17) is 20.2 Å². The van der Waals surface area contributed by atoms with Crippen molar-refractivity contribution in [2.24, 2.45) is 12.8 Å². The lowest BCUT2D eigenvalue weighted by Gasteiger charge is -2.14. The van der Waals surface area contributed by atoms with Gasteiger partial charge in [-0.05, 0) is 18.1 Å². The summed E-state index contributed by atoms with van der Waals surface area (Å²) in [6.45, 7) is 3.19. The number of fused-ring (bicyclic) bond motifs is 1. The van der Waals surface area contributed by atoms with Crippen molar-refractivity contribution in [2.75, 3.05) is 33.0 Å². The van der Waals surface area contributed by atoms with Crippen LogP contribution in [0, 0.1) is 0 Å². The molecule has 2 N–H and O–H groups in total. The van der Waals surface area contributed by atoms with Crippen molar-refractivity contribution in [1.82, 2.24) is 14.1 Å². The quantitative estimate of drug-likeness (QED) is 0.0967. The number of nitrogens with two attached hydrogens (primary N) is 1. The number of hydrogen-bond acceptors (Lipinski definition) is 5. The Morgan fingerprint density at radius 1 is 0.761 bits per heavy atom. The number of hydrogen-bond donors (Lipinski definition) is 1. The molecule has 7 heteroatoms. The van der Waals surface area contributed by atoms with E-state index in [1.165, 1.54) is 0 Å². The Morgan fingerprint density at radius 3 is 2.13 bits per heavy atom.